The number of rotatable bonds is 3. The van der Waals surface area contributed by atoms with E-state index >= 15 is 0 Å². The number of piperidine rings is 1. The summed E-state index contributed by atoms with van der Waals surface area (Å²) >= 11 is 6.33. The second-order valence-electron chi connectivity index (χ2n) is 8.89. The van der Waals surface area contributed by atoms with Gasteiger partial charge in [-0.3, -0.25) is 4.79 Å². The van der Waals surface area contributed by atoms with Gasteiger partial charge >= 0.3 is 5.97 Å². The fourth-order valence-corrected chi connectivity index (χ4v) is 4.47. The summed E-state index contributed by atoms with van der Waals surface area (Å²) in [4.78, 5) is 32.5. The van der Waals surface area contributed by atoms with Gasteiger partial charge in [0.05, 0.1) is 16.8 Å². The van der Waals surface area contributed by atoms with Crippen molar-refractivity contribution in [3.63, 3.8) is 0 Å². The maximum absolute atomic E-state index is 13.0. The molecule has 0 spiro atoms. The summed E-state index contributed by atoms with van der Waals surface area (Å²) in [5, 5.41) is 24.6. The molecule has 3 aliphatic rings. The molecule has 2 fully saturated rings. The van der Waals surface area contributed by atoms with Crippen LogP contribution in [0.1, 0.15) is 48.5 Å². The zero-order chi connectivity index (χ0) is 24.9. The third-order valence-electron chi connectivity index (χ3n) is 6.16. The Morgan fingerprint density at radius 3 is 2.77 bits per heavy atom. The molecule has 2 N–H and O–H groups in total. The van der Waals surface area contributed by atoms with Crippen LogP contribution < -0.4 is 0 Å². The predicted octanol–water partition coefficient (Wildman–Crippen LogP) is 3.51. The lowest BCUT2D eigenvalue weighted by molar-refractivity contribution is -0.137. The number of cyclic esters (lactones) is 1. The van der Waals surface area contributed by atoms with Crippen molar-refractivity contribution in [3.8, 4) is 11.5 Å². The normalized spacial score (nSPS) is 27.7. The average Bonchev–Trinajstić information content (AvgIpc) is 3.56. The van der Waals surface area contributed by atoms with Crippen LogP contribution in [0.2, 0.25) is 5.02 Å². The van der Waals surface area contributed by atoms with Crippen LogP contribution in [0.5, 0.6) is 11.5 Å². The molecule has 1 aromatic carbocycles. The highest BCUT2D eigenvalue weighted by Gasteiger charge is 2.38. The average molecular weight is 505 g/mol. The molecule has 35 heavy (non-hydrogen) atoms. The molecule has 0 radical (unpaired) electrons. The van der Waals surface area contributed by atoms with E-state index in [1.54, 1.807) is 24.0 Å². The van der Waals surface area contributed by atoms with E-state index < -0.39 is 17.8 Å². The molecular formula is C25H29ClN2O7. The minimum absolute atomic E-state index is 0.0651. The first kappa shape index (κ1) is 25.1. The fourth-order valence-electron chi connectivity index (χ4n) is 4.26. The number of esters is 1. The zero-order valence-corrected chi connectivity index (χ0v) is 20.2. The van der Waals surface area contributed by atoms with Crippen molar-refractivity contribution in [2.45, 2.75) is 57.3 Å². The number of hydrogen-bond acceptors (Lipinski definition) is 8. The van der Waals surface area contributed by atoms with Crippen molar-refractivity contribution in [1.82, 2.24) is 4.90 Å². The molecule has 3 aliphatic heterocycles. The number of nitrogens with zero attached hydrogens (tertiary/aromatic N) is 2. The van der Waals surface area contributed by atoms with E-state index in [2.05, 4.69) is 5.16 Å². The summed E-state index contributed by atoms with van der Waals surface area (Å²) in [7, 11) is 0. The molecule has 0 bridgehead atoms. The van der Waals surface area contributed by atoms with Crippen LogP contribution in [-0.2, 0) is 25.5 Å². The molecule has 0 saturated carbocycles. The quantitative estimate of drug-likeness (QED) is 0.367. The zero-order valence-electron chi connectivity index (χ0n) is 19.5. The van der Waals surface area contributed by atoms with Gasteiger partial charge in [0.1, 0.15) is 29.3 Å². The second kappa shape index (κ2) is 11.1. The molecule has 0 aliphatic carbocycles. The number of hydrogen-bond donors (Lipinski definition) is 2. The molecule has 9 nitrogen and oxygen atoms in total. The molecule has 10 heteroatoms. The van der Waals surface area contributed by atoms with Crippen LogP contribution in [0.15, 0.2) is 35.5 Å². The number of amides is 1. The molecule has 1 aromatic rings. The van der Waals surface area contributed by atoms with Crippen molar-refractivity contribution >= 4 is 29.2 Å². The second-order valence-corrected chi connectivity index (χ2v) is 9.27. The highest BCUT2D eigenvalue weighted by Crippen LogP contribution is 2.38. The highest BCUT2D eigenvalue weighted by molar-refractivity contribution is 6.33. The van der Waals surface area contributed by atoms with Gasteiger partial charge in [0, 0.05) is 32.0 Å². The van der Waals surface area contributed by atoms with Crippen LogP contribution in [-0.4, -0.2) is 70.7 Å². The third kappa shape index (κ3) is 6.35. The lowest BCUT2D eigenvalue weighted by Gasteiger charge is -2.26. The van der Waals surface area contributed by atoms with Crippen LogP contribution in [0.3, 0.4) is 0 Å². The number of benzene rings is 1. The first-order chi connectivity index (χ1) is 16.8. The lowest BCUT2D eigenvalue weighted by atomic mass is 9.99. The van der Waals surface area contributed by atoms with Gasteiger partial charge in [-0.25, -0.2) is 4.79 Å². The topological polar surface area (TPSA) is 121 Å². The van der Waals surface area contributed by atoms with Crippen LogP contribution in [0.25, 0.3) is 0 Å². The van der Waals surface area contributed by atoms with Gasteiger partial charge in [-0.2, -0.15) is 0 Å². The van der Waals surface area contributed by atoms with E-state index in [0.29, 0.717) is 25.2 Å². The minimum atomic E-state index is -0.777. The number of allylic oxidation sites excluding steroid dienone is 3. The number of ether oxygens (including phenoxy) is 2. The van der Waals surface area contributed by atoms with Crippen LogP contribution in [0.4, 0.5) is 0 Å². The summed E-state index contributed by atoms with van der Waals surface area (Å²) in [6, 6.07) is 0.999. The number of oxime groups is 1. The van der Waals surface area contributed by atoms with E-state index in [1.807, 2.05) is 12.2 Å². The molecule has 0 aromatic heterocycles. The first-order valence-corrected chi connectivity index (χ1v) is 12.1. The summed E-state index contributed by atoms with van der Waals surface area (Å²) in [6.45, 7) is 2.92. The van der Waals surface area contributed by atoms with Crippen LogP contribution in [0, 0.1) is 0 Å². The minimum Gasteiger partial charge on any atom is -0.507 e. The molecule has 3 heterocycles. The van der Waals surface area contributed by atoms with Gasteiger partial charge in [-0.15, -0.1) is 0 Å². The van der Waals surface area contributed by atoms with Crippen LogP contribution >= 0.6 is 11.6 Å². The number of aromatic hydroxyl groups is 2. The van der Waals surface area contributed by atoms with Crippen molar-refractivity contribution in [2.75, 3.05) is 19.7 Å². The van der Waals surface area contributed by atoms with Gasteiger partial charge in [0.25, 0.3) is 5.91 Å². The Hall–Kier alpha value is -3.04. The largest absolute Gasteiger partial charge is 0.507 e. The number of phenols is 2. The van der Waals surface area contributed by atoms with E-state index in [-0.39, 0.29) is 53.0 Å². The van der Waals surface area contributed by atoms with Crippen molar-refractivity contribution in [2.24, 2.45) is 5.16 Å². The van der Waals surface area contributed by atoms with Gasteiger partial charge in [-0.1, -0.05) is 35.0 Å². The van der Waals surface area contributed by atoms with Crippen molar-refractivity contribution in [3.05, 3.63) is 46.5 Å². The molecule has 3 atom stereocenters. The molecular weight excluding hydrogens is 476 g/mol. The summed E-state index contributed by atoms with van der Waals surface area (Å²) in [5.41, 5.74) is 0.295. The van der Waals surface area contributed by atoms with Crippen molar-refractivity contribution < 1.29 is 34.1 Å². The van der Waals surface area contributed by atoms with Gasteiger partial charge in [-0.05, 0) is 37.8 Å². The maximum Gasteiger partial charge on any atom is 0.342 e. The Morgan fingerprint density at radius 2 is 2.00 bits per heavy atom. The molecule has 4 rings (SSSR count). The Kier molecular flexibility index (Phi) is 7.97. The standard InChI is InChI=1S/C25H29ClN2O7/c1-15-11-21-20(35-21)8-4-3-7-16(27-33-14-22(31)28-9-5-2-6-10-28)12-17-23(25(32)34-15)18(29)13-19(30)24(17)26/h3-4,7-8,13,15,20-21,29-30H,2,5-6,9-12,14H2,1H3/b7-3+,8-4+,27-16+/t15-,20-,21-/m1/s1. The van der Waals surface area contributed by atoms with E-state index in [4.69, 9.17) is 25.9 Å². The third-order valence-corrected chi connectivity index (χ3v) is 6.58. The highest BCUT2D eigenvalue weighted by atomic mass is 35.5. The first-order valence-electron chi connectivity index (χ1n) is 11.7. The fraction of sp³-hybridized carbons (Fsp3) is 0.480. The summed E-state index contributed by atoms with van der Waals surface area (Å²) in [6.07, 6.45) is 9.94. The SMILES string of the molecule is C[C@@H]1C[C@H]2O[C@@H]2/C=C/C=C/C(=N\OCC(=O)N2CCCCC2)Cc2c(Cl)c(O)cc(O)c2C(=O)O1. The predicted molar refractivity (Wildman–Crippen MR) is 129 cm³/mol. The van der Waals surface area contributed by atoms with Crippen molar-refractivity contribution in [1.29, 1.82) is 0 Å². The Balaban J connectivity index is 1.61. The Bertz CT molecular complexity index is 1060. The number of fused-ring (bicyclic) bond motifs is 2. The summed E-state index contributed by atoms with van der Waals surface area (Å²) < 4.78 is 11.1. The smallest absolute Gasteiger partial charge is 0.342 e. The maximum atomic E-state index is 13.0. The number of carbonyl (C=O) groups is 2. The van der Waals surface area contributed by atoms with E-state index in [9.17, 15) is 19.8 Å². The number of halogens is 1. The Labute approximate surface area is 208 Å². The van der Waals surface area contributed by atoms with E-state index in [1.165, 1.54) is 0 Å². The van der Waals surface area contributed by atoms with Gasteiger partial charge < -0.3 is 29.4 Å². The number of epoxide rings is 1. The summed E-state index contributed by atoms with van der Waals surface area (Å²) in [5.74, 6) is -1.78. The molecule has 2 saturated heterocycles. The lowest BCUT2D eigenvalue weighted by Crippen LogP contribution is -2.37. The monoisotopic (exact) mass is 504 g/mol. The van der Waals surface area contributed by atoms with Gasteiger partial charge in [0.2, 0.25) is 0 Å². The number of carbonyl (C=O) groups excluding carboxylic acids is 2. The Morgan fingerprint density at radius 1 is 1.23 bits per heavy atom. The number of phenolic OH excluding ortho intramolecular Hbond substituents is 2. The molecule has 1 amide bonds. The van der Waals surface area contributed by atoms with E-state index in [0.717, 1.165) is 25.3 Å². The number of likely N-dealkylation sites (tertiary alicyclic amines) is 1. The molecule has 0 unspecified atom stereocenters. The van der Waals surface area contributed by atoms with Gasteiger partial charge in [0.15, 0.2) is 6.61 Å². The molecule has 188 valence electrons.